The monoisotopic (exact) mass is 425 g/mol. The molecule has 2 amide bonds. The van der Waals surface area contributed by atoms with Crippen LogP contribution in [0.25, 0.3) is 22.0 Å². The van der Waals surface area contributed by atoms with E-state index in [0.29, 0.717) is 39.1 Å². The van der Waals surface area contributed by atoms with Crippen molar-refractivity contribution in [2.75, 3.05) is 0 Å². The largest absolute Gasteiger partial charge is 0.366 e. The van der Waals surface area contributed by atoms with Gasteiger partial charge in [0.15, 0.2) is 0 Å². The first-order valence-electron chi connectivity index (χ1n) is 9.74. The molecule has 0 atom stereocenters. The Morgan fingerprint density at radius 1 is 1.06 bits per heavy atom. The van der Waals surface area contributed by atoms with Crippen LogP contribution in [0.3, 0.4) is 0 Å². The molecule has 0 fully saturated rings. The number of carbonyl (C=O) groups is 2. The van der Waals surface area contributed by atoms with Crippen molar-refractivity contribution in [1.29, 1.82) is 5.26 Å². The molecule has 0 bridgehead atoms. The Hall–Kier alpha value is -4.58. The van der Waals surface area contributed by atoms with E-state index >= 15 is 0 Å². The molecule has 0 aliphatic rings. The molecule has 0 aliphatic carbocycles. The molecule has 9 heteroatoms. The summed E-state index contributed by atoms with van der Waals surface area (Å²) in [7, 11) is 0. The van der Waals surface area contributed by atoms with Crippen molar-refractivity contribution in [1.82, 2.24) is 19.7 Å². The lowest BCUT2D eigenvalue weighted by atomic mass is 9.92. The average molecular weight is 425 g/mol. The lowest BCUT2D eigenvalue weighted by Crippen LogP contribution is -2.21. The third kappa shape index (κ3) is 3.33. The SMILES string of the molecule is Cc1nn(Cc2cccnc2C#N)c(C)c1-c1c(C(N)=O)nc2ccccc2c1C(N)=O. The molecule has 0 saturated carbocycles. The first-order chi connectivity index (χ1) is 15.3. The molecular weight excluding hydrogens is 406 g/mol. The van der Waals surface area contributed by atoms with E-state index in [2.05, 4.69) is 21.1 Å². The van der Waals surface area contributed by atoms with Gasteiger partial charge in [0.2, 0.25) is 5.91 Å². The summed E-state index contributed by atoms with van der Waals surface area (Å²) >= 11 is 0. The number of benzene rings is 1. The number of fused-ring (bicyclic) bond motifs is 1. The normalized spacial score (nSPS) is 10.8. The maximum Gasteiger partial charge on any atom is 0.267 e. The summed E-state index contributed by atoms with van der Waals surface area (Å²) in [5.74, 6) is -1.48. The number of hydrogen-bond donors (Lipinski definition) is 2. The molecule has 1 aromatic carbocycles. The molecule has 4 aromatic rings. The second kappa shape index (κ2) is 7.92. The Kier molecular flexibility index (Phi) is 5.12. The van der Waals surface area contributed by atoms with Crippen molar-refractivity contribution in [2.45, 2.75) is 20.4 Å². The van der Waals surface area contributed by atoms with Gasteiger partial charge in [-0.15, -0.1) is 0 Å². The third-order valence-electron chi connectivity index (χ3n) is 5.32. The van der Waals surface area contributed by atoms with E-state index in [1.165, 1.54) is 0 Å². The Morgan fingerprint density at radius 2 is 1.81 bits per heavy atom. The number of hydrogen-bond acceptors (Lipinski definition) is 6. The van der Waals surface area contributed by atoms with E-state index in [-0.39, 0.29) is 23.4 Å². The Morgan fingerprint density at radius 3 is 2.50 bits per heavy atom. The summed E-state index contributed by atoms with van der Waals surface area (Å²) in [5, 5.41) is 14.5. The maximum absolute atomic E-state index is 12.6. The summed E-state index contributed by atoms with van der Waals surface area (Å²) in [5.41, 5.74) is 15.0. The second-order valence-corrected chi connectivity index (χ2v) is 7.28. The number of pyridine rings is 2. The first kappa shape index (κ1) is 20.7. The van der Waals surface area contributed by atoms with E-state index in [0.717, 1.165) is 0 Å². The Bertz CT molecular complexity index is 1450. The van der Waals surface area contributed by atoms with Gasteiger partial charge >= 0.3 is 0 Å². The highest BCUT2D eigenvalue weighted by molar-refractivity contribution is 6.15. The standard InChI is InChI=1S/C23H19N7O2/c1-12-18(13(2)30(29-12)11-14-6-5-9-27-17(14)10-24)20-19(22(25)31)15-7-3-4-8-16(15)28-21(20)23(26)32/h3-9H,11H2,1-2H3,(H2,25,31)(H2,26,32). The van der Waals surface area contributed by atoms with Gasteiger partial charge in [-0.3, -0.25) is 14.3 Å². The molecule has 0 spiro atoms. The quantitative estimate of drug-likeness (QED) is 0.500. The second-order valence-electron chi connectivity index (χ2n) is 7.28. The zero-order valence-electron chi connectivity index (χ0n) is 17.5. The summed E-state index contributed by atoms with van der Waals surface area (Å²) in [6.45, 7) is 3.85. The molecule has 32 heavy (non-hydrogen) atoms. The Balaban J connectivity index is 2.01. The van der Waals surface area contributed by atoms with E-state index in [1.54, 1.807) is 54.2 Å². The number of nitrogens with zero attached hydrogens (tertiary/aromatic N) is 5. The van der Waals surface area contributed by atoms with Crippen LogP contribution < -0.4 is 11.5 Å². The first-order valence-corrected chi connectivity index (χ1v) is 9.74. The molecule has 3 heterocycles. The summed E-state index contributed by atoms with van der Waals surface area (Å²) in [6, 6.07) is 12.5. The Labute approximate surface area is 183 Å². The molecule has 0 aliphatic heterocycles. The number of primary amides is 2. The third-order valence-corrected chi connectivity index (χ3v) is 5.32. The highest BCUT2D eigenvalue weighted by Gasteiger charge is 2.27. The minimum absolute atomic E-state index is 0.0534. The van der Waals surface area contributed by atoms with Gasteiger partial charge in [0.1, 0.15) is 17.5 Å². The van der Waals surface area contributed by atoms with Crippen molar-refractivity contribution in [3.05, 3.63) is 76.5 Å². The van der Waals surface area contributed by atoms with Gasteiger partial charge < -0.3 is 11.5 Å². The minimum atomic E-state index is -0.779. The molecular formula is C23H19N7O2. The van der Waals surface area contributed by atoms with Gasteiger partial charge in [0.25, 0.3) is 5.91 Å². The zero-order chi connectivity index (χ0) is 23.0. The van der Waals surface area contributed by atoms with Crippen LogP contribution in [0.4, 0.5) is 0 Å². The van der Waals surface area contributed by atoms with Crippen molar-refractivity contribution >= 4 is 22.7 Å². The number of aromatic nitrogens is 4. The predicted molar refractivity (Wildman–Crippen MR) is 118 cm³/mol. The number of aryl methyl sites for hydroxylation is 1. The van der Waals surface area contributed by atoms with E-state index in [1.807, 2.05) is 6.92 Å². The van der Waals surface area contributed by atoms with Gasteiger partial charge in [0, 0.05) is 34.0 Å². The lowest BCUT2D eigenvalue weighted by Gasteiger charge is -2.14. The van der Waals surface area contributed by atoms with Crippen molar-refractivity contribution in [3.63, 3.8) is 0 Å². The van der Waals surface area contributed by atoms with Crippen LogP contribution in [0.5, 0.6) is 0 Å². The molecule has 0 unspecified atom stereocenters. The lowest BCUT2D eigenvalue weighted by molar-refractivity contribution is 0.0996. The minimum Gasteiger partial charge on any atom is -0.366 e. The molecule has 3 aromatic heterocycles. The maximum atomic E-state index is 12.6. The number of carbonyl (C=O) groups excluding carboxylic acids is 2. The predicted octanol–water partition coefficient (Wildman–Crippen LogP) is 2.23. The molecule has 4 rings (SSSR count). The molecule has 4 N–H and O–H groups in total. The van der Waals surface area contributed by atoms with Crippen LogP contribution in [0.2, 0.25) is 0 Å². The van der Waals surface area contributed by atoms with E-state index in [9.17, 15) is 14.9 Å². The molecule has 0 saturated heterocycles. The number of para-hydroxylation sites is 1. The fourth-order valence-electron chi connectivity index (χ4n) is 3.93. The van der Waals surface area contributed by atoms with E-state index < -0.39 is 11.8 Å². The van der Waals surface area contributed by atoms with Crippen LogP contribution >= 0.6 is 0 Å². The van der Waals surface area contributed by atoms with Gasteiger partial charge in [0.05, 0.1) is 23.3 Å². The molecule has 9 nitrogen and oxygen atoms in total. The number of amides is 2. The van der Waals surface area contributed by atoms with Gasteiger partial charge in [-0.25, -0.2) is 9.97 Å². The van der Waals surface area contributed by atoms with Crippen molar-refractivity contribution in [3.8, 4) is 17.2 Å². The summed E-state index contributed by atoms with van der Waals surface area (Å²) in [4.78, 5) is 33.4. The topological polar surface area (TPSA) is 154 Å². The molecule has 0 radical (unpaired) electrons. The van der Waals surface area contributed by atoms with E-state index in [4.69, 9.17) is 11.5 Å². The van der Waals surface area contributed by atoms with Crippen LogP contribution in [-0.4, -0.2) is 31.6 Å². The van der Waals surface area contributed by atoms with Crippen molar-refractivity contribution in [2.24, 2.45) is 11.5 Å². The number of rotatable bonds is 5. The fourth-order valence-corrected chi connectivity index (χ4v) is 3.93. The van der Waals surface area contributed by atoms with Crippen molar-refractivity contribution < 1.29 is 9.59 Å². The summed E-state index contributed by atoms with van der Waals surface area (Å²) < 4.78 is 1.69. The number of nitriles is 1. The number of nitrogens with two attached hydrogens (primary N) is 2. The van der Waals surface area contributed by atoms with Gasteiger partial charge in [-0.05, 0) is 26.0 Å². The highest BCUT2D eigenvalue weighted by atomic mass is 16.1. The average Bonchev–Trinajstić information content (AvgIpc) is 3.05. The molecule has 158 valence electrons. The van der Waals surface area contributed by atoms with Gasteiger partial charge in [-0.2, -0.15) is 10.4 Å². The van der Waals surface area contributed by atoms with Crippen LogP contribution in [-0.2, 0) is 6.54 Å². The van der Waals surface area contributed by atoms with Crippen LogP contribution in [0.15, 0.2) is 42.6 Å². The van der Waals surface area contributed by atoms with Gasteiger partial charge in [-0.1, -0.05) is 24.3 Å². The smallest absolute Gasteiger partial charge is 0.267 e. The van der Waals surface area contributed by atoms with Crippen LogP contribution in [0.1, 0.15) is 43.5 Å². The summed E-state index contributed by atoms with van der Waals surface area (Å²) in [6.07, 6.45) is 1.55. The zero-order valence-corrected chi connectivity index (χ0v) is 17.5. The van der Waals surface area contributed by atoms with Crippen LogP contribution in [0, 0.1) is 25.2 Å². The highest BCUT2D eigenvalue weighted by Crippen LogP contribution is 2.36. The fraction of sp³-hybridized carbons (Fsp3) is 0.130.